The molecule has 11 nitrogen and oxygen atoms in total. The molecule has 38 heavy (non-hydrogen) atoms. The molecule has 0 saturated carbocycles. The van der Waals surface area contributed by atoms with Gasteiger partial charge in [-0.05, 0) is 45.3 Å². The second-order valence-corrected chi connectivity index (χ2v) is 9.75. The van der Waals surface area contributed by atoms with Crippen LogP contribution < -0.4 is 15.4 Å². The summed E-state index contributed by atoms with van der Waals surface area (Å²) >= 11 is 0.898. The molecule has 2 N–H and O–H groups in total. The molecule has 0 aliphatic heterocycles. The lowest BCUT2D eigenvalue weighted by Gasteiger charge is -2.24. The van der Waals surface area contributed by atoms with Crippen LogP contribution in [0.4, 0.5) is 34.5 Å². The van der Waals surface area contributed by atoms with E-state index in [1.54, 1.807) is 46.9 Å². The number of nitrogens with one attached hydrogen (secondary N) is 2. The second-order valence-electron chi connectivity index (χ2n) is 8.97. The van der Waals surface area contributed by atoms with Crippen molar-refractivity contribution in [3.63, 3.8) is 0 Å². The smallest absolute Gasteiger partial charge is 0.434 e. The molecule has 3 aromatic heterocycles. The topological polar surface area (TPSA) is 131 Å². The van der Waals surface area contributed by atoms with Crippen LogP contribution in [0.15, 0.2) is 30.7 Å². The van der Waals surface area contributed by atoms with Crippen LogP contribution in [0.25, 0.3) is 0 Å². The molecular formula is C23H26F3N7O4S. The summed E-state index contributed by atoms with van der Waals surface area (Å²) in [5.41, 5.74) is -0.908. The van der Waals surface area contributed by atoms with Crippen LogP contribution in [-0.2, 0) is 10.9 Å². The van der Waals surface area contributed by atoms with Crippen LogP contribution in [-0.4, -0.2) is 62.0 Å². The van der Waals surface area contributed by atoms with Crippen molar-refractivity contribution in [2.75, 3.05) is 30.8 Å². The normalized spacial score (nSPS) is 11.6. The molecule has 0 aromatic carbocycles. The Bertz CT molecular complexity index is 1280. The zero-order chi connectivity index (χ0) is 28.1. The van der Waals surface area contributed by atoms with Gasteiger partial charge in [0.05, 0.1) is 42.1 Å². The van der Waals surface area contributed by atoms with Gasteiger partial charge in [0.15, 0.2) is 5.69 Å². The highest BCUT2D eigenvalue weighted by Gasteiger charge is 2.33. The van der Waals surface area contributed by atoms with E-state index in [1.165, 1.54) is 11.1 Å². The van der Waals surface area contributed by atoms with Gasteiger partial charge in [0.1, 0.15) is 23.0 Å². The highest BCUT2D eigenvalue weighted by atomic mass is 32.1. The fourth-order valence-corrected chi connectivity index (χ4v) is 3.65. The number of alkyl halides is 3. The van der Waals surface area contributed by atoms with Gasteiger partial charge < -0.3 is 25.0 Å². The van der Waals surface area contributed by atoms with Gasteiger partial charge >= 0.3 is 12.3 Å². The molecule has 0 bridgehead atoms. The van der Waals surface area contributed by atoms with Crippen molar-refractivity contribution in [3.8, 4) is 5.88 Å². The molecule has 0 atom stereocenters. The maximum Gasteiger partial charge on any atom is 0.434 e. The summed E-state index contributed by atoms with van der Waals surface area (Å²) in [6.45, 7) is 7.36. The van der Waals surface area contributed by atoms with Crippen LogP contribution in [0.3, 0.4) is 0 Å². The van der Waals surface area contributed by atoms with E-state index in [-0.39, 0.29) is 35.4 Å². The summed E-state index contributed by atoms with van der Waals surface area (Å²) in [6.07, 6.45) is -2.04. The number of carbonyl (C=O) groups excluding carboxylic acids is 2. The third kappa shape index (κ3) is 7.99. The maximum absolute atomic E-state index is 12.9. The Kier molecular flexibility index (Phi) is 8.70. The highest BCUT2D eigenvalue weighted by molar-refractivity contribution is 7.10. The van der Waals surface area contributed by atoms with Crippen molar-refractivity contribution >= 4 is 40.0 Å². The molecule has 0 unspecified atom stereocenters. The number of nitrogens with zero attached hydrogens (tertiary/aromatic N) is 5. The lowest BCUT2D eigenvalue weighted by atomic mass is 10.2. The number of hydrogen-bond donors (Lipinski definition) is 2. The van der Waals surface area contributed by atoms with Crippen molar-refractivity contribution in [3.05, 3.63) is 47.7 Å². The highest BCUT2D eigenvalue weighted by Crippen LogP contribution is 2.31. The lowest BCUT2D eigenvalue weighted by molar-refractivity contribution is -0.141. The molecule has 2 amide bonds. The first kappa shape index (κ1) is 28.6. The van der Waals surface area contributed by atoms with Gasteiger partial charge in [-0.25, -0.2) is 14.8 Å². The first-order valence-corrected chi connectivity index (χ1v) is 12.0. The molecule has 3 rings (SSSR count). The van der Waals surface area contributed by atoms with Crippen LogP contribution in [0.1, 0.15) is 42.5 Å². The fraction of sp³-hybridized carbons (Fsp3) is 0.391. The summed E-state index contributed by atoms with van der Waals surface area (Å²) in [6, 6.07) is 3.11. The third-order valence-corrected chi connectivity index (χ3v) is 5.49. The van der Waals surface area contributed by atoms with Crippen LogP contribution in [0.2, 0.25) is 0 Å². The zero-order valence-electron chi connectivity index (χ0n) is 21.2. The van der Waals surface area contributed by atoms with Gasteiger partial charge in [0.2, 0.25) is 5.88 Å². The SMILES string of the molecule is Cc1nsc(Nc2cncc(C(F)(F)F)n2)c1C(=O)Nc1ccc(OCCN(C)C(=O)OC(C)(C)C)nc1. The van der Waals surface area contributed by atoms with E-state index in [9.17, 15) is 22.8 Å². The molecule has 204 valence electrons. The summed E-state index contributed by atoms with van der Waals surface area (Å²) in [5.74, 6) is -0.453. The van der Waals surface area contributed by atoms with Crippen LogP contribution in [0, 0.1) is 6.92 Å². The number of pyridine rings is 1. The van der Waals surface area contributed by atoms with Crippen molar-refractivity contribution in [1.82, 2.24) is 24.2 Å². The van der Waals surface area contributed by atoms with E-state index in [4.69, 9.17) is 9.47 Å². The Morgan fingerprint density at radius 2 is 1.87 bits per heavy atom. The molecule has 0 radical (unpaired) electrons. The standard InChI is InChI=1S/C23H26F3N7O4S/c1-13-18(20(38-32-13)31-16-12-27-11-15(30-16)23(24,25)26)19(34)29-14-6-7-17(28-10-14)36-9-8-33(5)21(35)37-22(2,3)4/h6-7,10-12H,8-9H2,1-5H3,(H,29,34)(H,30,31). The van der Waals surface area contributed by atoms with Crippen molar-refractivity contribution < 1.29 is 32.2 Å². The minimum atomic E-state index is -4.66. The number of aromatic nitrogens is 4. The Morgan fingerprint density at radius 3 is 2.50 bits per heavy atom. The van der Waals surface area contributed by atoms with E-state index in [1.807, 2.05) is 0 Å². The minimum absolute atomic E-state index is 0.139. The number of anilines is 3. The lowest BCUT2D eigenvalue weighted by Crippen LogP contribution is -2.36. The Balaban J connectivity index is 1.59. The molecular weight excluding hydrogens is 527 g/mol. The first-order chi connectivity index (χ1) is 17.7. The molecule has 0 fully saturated rings. The number of rotatable bonds is 8. The number of carbonyl (C=O) groups is 2. The second kappa shape index (κ2) is 11.6. The van der Waals surface area contributed by atoms with E-state index in [0.29, 0.717) is 17.6 Å². The largest absolute Gasteiger partial charge is 0.476 e. The van der Waals surface area contributed by atoms with Gasteiger partial charge in [-0.1, -0.05) is 0 Å². The van der Waals surface area contributed by atoms with Gasteiger partial charge in [0, 0.05) is 13.1 Å². The van der Waals surface area contributed by atoms with Crippen molar-refractivity contribution in [2.45, 2.75) is 39.5 Å². The quantitative estimate of drug-likeness (QED) is 0.400. The number of amides is 2. The number of likely N-dealkylation sites (N-methyl/N-ethyl adjacent to an activating group) is 1. The molecule has 3 aromatic rings. The number of hydrogen-bond acceptors (Lipinski definition) is 10. The Morgan fingerprint density at radius 1 is 1.13 bits per heavy atom. The summed E-state index contributed by atoms with van der Waals surface area (Å²) < 4.78 is 53.7. The molecule has 0 aliphatic carbocycles. The van der Waals surface area contributed by atoms with Crippen LogP contribution in [0.5, 0.6) is 5.88 Å². The van der Waals surface area contributed by atoms with Crippen LogP contribution >= 0.6 is 11.5 Å². The maximum atomic E-state index is 12.9. The van der Waals surface area contributed by atoms with Gasteiger partial charge in [-0.2, -0.15) is 17.5 Å². The predicted octanol–water partition coefficient (Wildman–Crippen LogP) is 4.90. The predicted molar refractivity (Wildman–Crippen MR) is 134 cm³/mol. The average Bonchev–Trinajstić information content (AvgIpc) is 3.18. The molecule has 15 heteroatoms. The zero-order valence-corrected chi connectivity index (χ0v) is 22.0. The van der Waals surface area contributed by atoms with E-state index >= 15 is 0 Å². The first-order valence-electron chi connectivity index (χ1n) is 11.2. The van der Waals surface area contributed by atoms with Gasteiger partial charge in [-0.3, -0.25) is 9.78 Å². The monoisotopic (exact) mass is 553 g/mol. The van der Waals surface area contributed by atoms with E-state index in [0.717, 1.165) is 17.7 Å². The minimum Gasteiger partial charge on any atom is -0.476 e. The number of aryl methyl sites for hydroxylation is 1. The van der Waals surface area contributed by atoms with E-state index in [2.05, 4.69) is 30.0 Å². The number of halogens is 3. The van der Waals surface area contributed by atoms with Gasteiger partial charge in [-0.15, -0.1) is 0 Å². The molecule has 0 saturated heterocycles. The molecule has 0 spiro atoms. The number of ether oxygens (including phenoxy) is 2. The summed E-state index contributed by atoms with van der Waals surface area (Å²) in [4.78, 5) is 37.5. The Labute approximate surface area is 220 Å². The van der Waals surface area contributed by atoms with E-state index < -0.39 is 29.5 Å². The third-order valence-electron chi connectivity index (χ3n) is 4.63. The van der Waals surface area contributed by atoms with Crippen molar-refractivity contribution in [1.29, 1.82) is 0 Å². The molecule has 0 aliphatic rings. The average molecular weight is 554 g/mol. The Hall–Kier alpha value is -4.01. The summed E-state index contributed by atoms with van der Waals surface area (Å²) in [5, 5.41) is 5.56. The van der Waals surface area contributed by atoms with Crippen molar-refractivity contribution in [2.24, 2.45) is 0 Å². The summed E-state index contributed by atoms with van der Waals surface area (Å²) in [7, 11) is 1.59. The molecule has 3 heterocycles. The fourth-order valence-electron chi connectivity index (χ4n) is 2.85. The van der Waals surface area contributed by atoms with Gasteiger partial charge in [0.25, 0.3) is 5.91 Å².